The number of nitrogens with zero attached hydrogens (tertiary/aromatic N) is 4. The van der Waals surface area contributed by atoms with Gasteiger partial charge in [0.25, 0.3) is 0 Å². The van der Waals surface area contributed by atoms with Crippen molar-refractivity contribution in [1.29, 1.82) is 5.26 Å². The summed E-state index contributed by atoms with van der Waals surface area (Å²) in [5.74, 6) is 1.41. The van der Waals surface area contributed by atoms with E-state index in [-0.39, 0.29) is 11.8 Å². The van der Waals surface area contributed by atoms with Crippen LogP contribution >= 0.6 is 0 Å². The van der Waals surface area contributed by atoms with Crippen LogP contribution in [0, 0.1) is 11.3 Å². The van der Waals surface area contributed by atoms with Crippen molar-refractivity contribution in [2.75, 3.05) is 0 Å². The van der Waals surface area contributed by atoms with Gasteiger partial charge in [0.1, 0.15) is 17.5 Å². The summed E-state index contributed by atoms with van der Waals surface area (Å²) in [6.07, 6.45) is 1.83. The maximum Gasteiger partial charge on any atom is 0.145 e. The summed E-state index contributed by atoms with van der Waals surface area (Å²) in [5, 5.41) is 10.1. The van der Waals surface area contributed by atoms with Crippen LogP contribution in [-0.4, -0.2) is 14.5 Å². The van der Waals surface area contributed by atoms with Gasteiger partial charge in [0.05, 0.1) is 16.6 Å². The minimum absolute atomic E-state index is 0.280. The van der Waals surface area contributed by atoms with Crippen molar-refractivity contribution in [2.24, 2.45) is 7.05 Å². The molecule has 0 aliphatic carbocycles. The fourth-order valence-corrected chi connectivity index (χ4v) is 2.08. The van der Waals surface area contributed by atoms with Crippen molar-refractivity contribution in [3.8, 4) is 6.07 Å². The second kappa shape index (κ2) is 4.41. The summed E-state index contributed by atoms with van der Waals surface area (Å²) in [4.78, 5) is 9.23. The summed E-state index contributed by atoms with van der Waals surface area (Å²) in [7, 11) is 1.92. The Labute approximate surface area is 107 Å². The third-order valence-corrected chi connectivity index (χ3v) is 3.05. The maximum absolute atomic E-state index is 9.21. The van der Waals surface area contributed by atoms with E-state index in [2.05, 4.69) is 43.7 Å². The first-order chi connectivity index (χ1) is 8.45. The van der Waals surface area contributed by atoms with Crippen LogP contribution in [0.5, 0.6) is 0 Å². The van der Waals surface area contributed by atoms with Gasteiger partial charge in [0.15, 0.2) is 0 Å². The SMILES string of the molecule is CC(C)c1nc(C(C)C)c2c(C#N)cn(C)c2n1. The minimum atomic E-state index is 0.280. The molecule has 0 bridgehead atoms. The lowest BCUT2D eigenvalue weighted by Gasteiger charge is -2.11. The van der Waals surface area contributed by atoms with Gasteiger partial charge in [-0.25, -0.2) is 9.97 Å². The Morgan fingerprint density at radius 1 is 1.17 bits per heavy atom. The molecule has 0 aliphatic rings. The molecule has 18 heavy (non-hydrogen) atoms. The third-order valence-electron chi connectivity index (χ3n) is 3.05. The van der Waals surface area contributed by atoms with E-state index in [1.807, 2.05) is 17.8 Å². The number of rotatable bonds is 2. The first-order valence-electron chi connectivity index (χ1n) is 6.22. The zero-order valence-electron chi connectivity index (χ0n) is 11.5. The van der Waals surface area contributed by atoms with Gasteiger partial charge in [0, 0.05) is 19.2 Å². The minimum Gasteiger partial charge on any atom is -0.334 e. The van der Waals surface area contributed by atoms with E-state index in [1.165, 1.54) is 0 Å². The molecule has 0 unspecified atom stereocenters. The lowest BCUT2D eigenvalue weighted by molar-refractivity contribution is 0.737. The Balaban J connectivity index is 2.88. The Kier molecular flexibility index (Phi) is 3.08. The highest BCUT2D eigenvalue weighted by molar-refractivity contribution is 5.86. The highest BCUT2D eigenvalue weighted by atomic mass is 15.0. The zero-order chi connectivity index (χ0) is 13.4. The van der Waals surface area contributed by atoms with E-state index < -0.39 is 0 Å². The summed E-state index contributed by atoms with van der Waals surface area (Å²) in [6, 6.07) is 2.23. The van der Waals surface area contributed by atoms with Gasteiger partial charge in [-0.2, -0.15) is 5.26 Å². The number of hydrogen-bond donors (Lipinski definition) is 0. The van der Waals surface area contributed by atoms with Crippen LogP contribution in [0.1, 0.15) is 56.6 Å². The fraction of sp³-hybridized carbons (Fsp3) is 0.500. The Morgan fingerprint density at radius 3 is 2.33 bits per heavy atom. The van der Waals surface area contributed by atoms with Crippen molar-refractivity contribution < 1.29 is 0 Å². The fourth-order valence-electron chi connectivity index (χ4n) is 2.08. The molecule has 2 aromatic rings. The van der Waals surface area contributed by atoms with Crippen molar-refractivity contribution in [3.63, 3.8) is 0 Å². The molecular weight excluding hydrogens is 224 g/mol. The predicted molar refractivity (Wildman–Crippen MR) is 71.4 cm³/mol. The van der Waals surface area contributed by atoms with Crippen LogP contribution in [0.15, 0.2) is 6.20 Å². The van der Waals surface area contributed by atoms with Crippen LogP contribution in [0.3, 0.4) is 0 Å². The molecule has 0 saturated carbocycles. The van der Waals surface area contributed by atoms with E-state index >= 15 is 0 Å². The van der Waals surface area contributed by atoms with E-state index in [1.54, 1.807) is 0 Å². The smallest absolute Gasteiger partial charge is 0.145 e. The predicted octanol–water partition coefficient (Wildman–Crippen LogP) is 3.09. The lowest BCUT2D eigenvalue weighted by atomic mass is 10.0. The van der Waals surface area contributed by atoms with E-state index in [0.29, 0.717) is 5.56 Å². The highest BCUT2D eigenvalue weighted by Crippen LogP contribution is 2.28. The maximum atomic E-state index is 9.21. The number of fused-ring (bicyclic) bond motifs is 1. The average molecular weight is 242 g/mol. The second-order valence-corrected chi connectivity index (χ2v) is 5.24. The molecule has 0 fully saturated rings. The Morgan fingerprint density at radius 2 is 1.83 bits per heavy atom. The quantitative estimate of drug-likeness (QED) is 0.813. The van der Waals surface area contributed by atoms with Gasteiger partial charge >= 0.3 is 0 Å². The van der Waals surface area contributed by atoms with E-state index in [4.69, 9.17) is 0 Å². The molecule has 0 atom stereocenters. The monoisotopic (exact) mass is 242 g/mol. The van der Waals surface area contributed by atoms with Crippen molar-refractivity contribution in [3.05, 3.63) is 23.3 Å². The van der Waals surface area contributed by atoms with Crippen LogP contribution in [0.2, 0.25) is 0 Å². The molecule has 4 nitrogen and oxygen atoms in total. The van der Waals surface area contributed by atoms with Gasteiger partial charge in [-0.1, -0.05) is 27.7 Å². The molecule has 0 aromatic carbocycles. The number of aromatic nitrogens is 3. The van der Waals surface area contributed by atoms with Gasteiger partial charge in [-0.05, 0) is 5.92 Å². The zero-order valence-corrected chi connectivity index (χ0v) is 11.5. The number of nitriles is 1. The van der Waals surface area contributed by atoms with Crippen LogP contribution in [0.25, 0.3) is 11.0 Å². The first-order valence-corrected chi connectivity index (χ1v) is 6.22. The van der Waals surface area contributed by atoms with Crippen molar-refractivity contribution in [2.45, 2.75) is 39.5 Å². The van der Waals surface area contributed by atoms with E-state index in [9.17, 15) is 5.26 Å². The Bertz CT molecular complexity index is 629. The van der Waals surface area contributed by atoms with E-state index in [0.717, 1.165) is 22.6 Å². The lowest BCUT2D eigenvalue weighted by Crippen LogP contribution is -2.05. The van der Waals surface area contributed by atoms with Gasteiger partial charge in [0.2, 0.25) is 0 Å². The molecule has 0 aliphatic heterocycles. The molecule has 2 aromatic heterocycles. The molecule has 0 radical (unpaired) electrons. The molecule has 0 saturated heterocycles. The first kappa shape index (κ1) is 12.6. The van der Waals surface area contributed by atoms with Gasteiger partial charge in [-0.15, -0.1) is 0 Å². The topological polar surface area (TPSA) is 54.5 Å². The highest BCUT2D eigenvalue weighted by Gasteiger charge is 2.18. The second-order valence-electron chi connectivity index (χ2n) is 5.24. The molecule has 94 valence electrons. The molecule has 4 heteroatoms. The standard InChI is InChI=1S/C14H18N4/c1-8(2)12-11-10(6-15)7-18(5)14(11)17-13(16-12)9(3)4/h7-9H,1-5H3. The van der Waals surface area contributed by atoms with Crippen LogP contribution in [-0.2, 0) is 7.05 Å². The third kappa shape index (κ3) is 1.86. The van der Waals surface area contributed by atoms with Crippen molar-refractivity contribution >= 4 is 11.0 Å². The molecule has 0 N–H and O–H groups in total. The van der Waals surface area contributed by atoms with Crippen molar-refractivity contribution in [1.82, 2.24) is 14.5 Å². The number of hydrogen-bond acceptors (Lipinski definition) is 3. The summed E-state index contributed by atoms with van der Waals surface area (Å²) in [6.45, 7) is 8.36. The molecule has 2 rings (SSSR count). The molecular formula is C14H18N4. The normalized spacial score (nSPS) is 11.4. The largest absolute Gasteiger partial charge is 0.334 e. The summed E-state index contributed by atoms with van der Waals surface area (Å²) >= 11 is 0. The van der Waals surface area contributed by atoms with Crippen LogP contribution < -0.4 is 0 Å². The summed E-state index contributed by atoms with van der Waals surface area (Å²) < 4.78 is 1.91. The van der Waals surface area contributed by atoms with Gasteiger partial charge < -0.3 is 4.57 Å². The molecule has 0 spiro atoms. The van der Waals surface area contributed by atoms with Gasteiger partial charge in [-0.3, -0.25) is 0 Å². The molecule has 0 amide bonds. The Hall–Kier alpha value is -1.89. The van der Waals surface area contributed by atoms with Crippen LogP contribution in [0.4, 0.5) is 0 Å². The summed E-state index contributed by atoms with van der Waals surface area (Å²) in [5.41, 5.74) is 2.49. The molecule has 2 heterocycles. The average Bonchev–Trinajstić information content (AvgIpc) is 2.65. The number of aryl methyl sites for hydroxylation is 1.